The van der Waals surface area contributed by atoms with E-state index in [1.54, 1.807) is 71.8 Å². The van der Waals surface area contributed by atoms with Crippen LogP contribution in [0, 0.1) is 5.92 Å². The largest absolute Gasteiger partial charge is 0.339 e. The number of piperidine rings is 1. The molecule has 0 aliphatic carbocycles. The number of amides is 2. The summed E-state index contributed by atoms with van der Waals surface area (Å²) >= 11 is 5.92. The van der Waals surface area contributed by atoms with Crippen molar-refractivity contribution in [2.75, 3.05) is 18.4 Å². The van der Waals surface area contributed by atoms with Gasteiger partial charge in [-0.25, -0.2) is 4.98 Å². The molecule has 0 unspecified atom stereocenters. The molecule has 1 N–H and O–H groups in total. The van der Waals surface area contributed by atoms with Gasteiger partial charge in [0.15, 0.2) is 5.78 Å². The maximum atomic E-state index is 13.2. The van der Waals surface area contributed by atoms with Crippen LogP contribution in [0.15, 0.2) is 72.9 Å². The van der Waals surface area contributed by atoms with Crippen LogP contribution in [0.4, 0.5) is 5.82 Å². The molecule has 2 amide bonds. The average Bonchev–Trinajstić information content (AvgIpc) is 2.84. The number of nitrogens with zero attached hydrogens (tertiary/aromatic N) is 2. The molecule has 1 aromatic heterocycles. The van der Waals surface area contributed by atoms with Crippen molar-refractivity contribution in [1.29, 1.82) is 0 Å². The number of anilines is 1. The fraction of sp³-hybridized carbons (Fsp3) is 0.200. The van der Waals surface area contributed by atoms with Crippen LogP contribution in [0.5, 0.6) is 0 Å². The Balaban J connectivity index is 1.43. The SMILES string of the molecule is O=C(c1ccc(Cl)cc1)c1ccccc1C(=O)N1CCC(C(=O)Nc2ccccn2)CC1. The molecular weight excluding hydrogens is 426 g/mol. The Hall–Kier alpha value is -3.51. The van der Waals surface area contributed by atoms with Gasteiger partial charge in [-0.05, 0) is 55.3 Å². The van der Waals surface area contributed by atoms with Crippen molar-refractivity contribution in [3.8, 4) is 0 Å². The lowest BCUT2D eigenvalue weighted by Crippen LogP contribution is -2.42. The monoisotopic (exact) mass is 447 g/mol. The number of benzene rings is 2. The first-order chi connectivity index (χ1) is 15.5. The van der Waals surface area contributed by atoms with Crippen molar-refractivity contribution < 1.29 is 14.4 Å². The minimum absolute atomic E-state index is 0.0888. The van der Waals surface area contributed by atoms with Gasteiger partial charge in [-0.2, -0.15) is 0 Å². The summed E-state index contributed by atoms with van der Waals surface area (Å²) in [5.41, 5.74) is 1.19. The minimum Gasteiger partial charge on any atom is -0.339 e. The van der Waals surface area contributed by atoms with Crippen molar-refractivity contribution in [2.45, 2.75) is 12.8 Å². The van der Waals surface area contributed by atoms with E-state index >= 15 is 0 Å². The first-order valence-electron chi connectivity index (χ1n) is 10.4. The first-order valence-corrected chi connectivity index (χ1v) is 10.8. The summed E-state index contributed by atoms with van der Waals surface area (Å²) in [4.78, 5) is 44.6. The molecule has 0 atom stereocenters. The van der Waals surface area contributed by atoms with Crippen LogP contribution < -0.4 is 5.32 Å². The lowest BCUT2D eigenvalue weighted by Gasteiger charge is -2.31. The summed E-state index contributed by atoms with van der Waals surface area (Å²) in [7, 11) is 0. The van der Waals surface area contributed by atoms with Crippen LogP contribution >= 0.6 is 11.6 Å². The van der Waals surface area contributed by atoms with E-state index in [9.17, 15) is 14.4 Å². The van der Waals surface area contributed by atoms with Crippen LogP contribution in [0.3, 0.4) is 0 Å². The standard InChI is InChI=1S/C25H22ClN3O3/c26-19-10-8-17(9-11-19)23(30)20-5-1-2-6-21(20)25(32)29-15-12-18(13-16-29)24(31)28-22-7-3-4-14-27-22/h1-11,14,18H,12-13,15-16H2,(H,27,28,31). The second-order valence-electron chi connectivity index (χ2n) is 7.65. The van der Waals surface area contributed by atoms with Gasteiger partial charge in [-0.3, -0.25) is 14.4 Å². The molecule has 2 heterocycles. The van der Waals surface area contributed by atoms with E-state index in [1.807, 2.05) is 6.07 Å². The average molecular weight is 448 g/mol. The number of hydrogen-bond acceptors (Lipinski definition) is 4. The van der Waals surface area contributed by atoms with Gasteiger partial charge >= 0.3 is 0 Å². The smallest absolute Gasteiger partial charge is 0.254 e. The van der Waals surface area contributed by atoms with Gasteiger partial charge in [0.25, 0.3) is 5.91 Å². The number of pyridine rings is 1. The Morgan fingerprint density at radius 1 is 0.875 bits per heavy atom. The zero-order chi connectivity index (χ0) is 22.5. The number of aromatic nitrogens is 1. The van der Waals surface area contributed by atoms with Crippen molar-refractivity contribution in [1.82, 2.24) is 9.88 Å². The summed E-state index contributed by atoms with van der Waals surface area (Å²) in [6.07, 6.45) is 2.73. The second-order valence-corrected chi connectivity index (χ2v) is 8.09. The predicted octanol–water partition coefficient (Wildman–Crippen LogP) is 4.46. The predicted molar refractivity (Wildman–Crippen MR) is 123 cm³/mol. The quantitative estimate of drug-likeness (QED) is 0.586. The molecule has 6 nitrogen and oxygen atoms in total. The third kappa shape index (κ3) is 4.86. The molecule has 1 fully saturated rings. The van der Waals surface area contributed by atoms with Gasteiger partial charge in [-0.15, -0.1) is 0 Å². The third-order valence-corrected chi connectivity index (χ3v) is 5.83. The Bertz CT molecular complexity index is 1120. The zero-order valence-corrected chi connectivity index (χ0v) is 18.1. The van der Waals surface area contributed by atoms with E-state index in [0.717, 1.165) is 0 Å². The zero-order valence-electron chi connectivity index (χ0n) is 17.3. The molecule has 1 aliphatic heterocycles. The van der Waals surface area contributed by atoms with Crippen molar-refractivity contribution in [3.05, 3.63) is 94.6 Å². The molecule has 7 heteroatoms. The molecule has 32 heavy (non-hydrogen) atoms. The summed E-state index contributed by atoms with van der Waals surface area (Å²) in [6, 6.07) is 18.8. The fourth-order valence-corrected chi connectivity index (χ4v) is 3.93. The molecule has 0 radical (unpaired) electrons. The van der Waals surface area contributed by atoms with Crippen LogP contribution in [0.25, 0.3) is 0 Å². The van der Waals surface area contributed by atoms with E-state index in [-0.39, 0.29) is 23.5 Å². The highest BCUT2D eigenvalue weighted by molar-refractivity contribution is 6.30. The van der Waals surface area contributed by atoms with Gasteiger partial charge in [-0.1, -0.05) is 35.9 Å². The number of rotatable bonds is 5. The van der Waals surface area contributed by atoms with Crippen LogP contribution in [0.1, 0.15) is 39.1 Å². The van der Waals surface area contributed by atoms with Crippen LogP contribution in [0.2, 0.25) is 5.02 Å². The molecule has 3 aromatic rings. The van der Waals surface area contributed by atoms with E-state index in [2.05, 4.69) is 10.3 Å². The Kier molecular flexibility index (Phi) is 6.61. The molecule has 0 saturated carbocycles. The Labute approximate surface area is 191 Å². The fourth-order valence-electron chi connectivity index (χ4n) is 3.80. The summed E-state index contributed by atoms with van der Waals surface area (Å²) < 4.78 is 0. The Morgan fingerprint density at radius 2 is 1.53 bits per heavy atom. The van der Waals surface area contributed by atoms with E-state index < -0.39 is 0 Å². The van der Waals surface area contributed by atoms with Crippen molar-refractivity contribution in [2.24, 2.45) is 5.92 Å². The number of nitrogens with one attached hydrogen (secondary N) is 1. The molecule has 2 aromatic carbocycles. The lowest BCUT2D eigenvalue weighted by molar-refractivity contribution is -0.121. The number of halogens is 1. The highest BCUT2D eigenvalue weighted by atomic mass is 35.5. The maximum Gasteiger partial charge on any atom is 0.254 e. The van der Waals surface area contributed by atoms with Crippen molar-refractivity contribution >= 4 is 35.0 Å². The maximum absolute atomic E-state index is 13.2. The molecule has 0 bridgehead atoms. The number of ketones is 1. The van der Waals surface area contributed by atoms with Crippen LogP contribution in [-0.4, -0.2) is 40.6 Å². The van der Waals surface area contributed by atoms with Crippen molar-refractivity contribution in [3.63, 3.8) is 0 Å². The van der Waals surface area contributed by atoms with E-state index in [0.29, 0.717) is 53.5 Å². The lowest BCUT2D eigenvalue weighted by atomic mass is 9.93. The Morgan fingerprint density at radius 3 is 2.19 bits per heavy atom. The van der Waals surface area contributed by atoms with Gasteiger partial charge in [0, 0.05) is 41.4 Å². The number of hydrogen-bond donors (Lipinski definition) is 1. The highest BCUT2D eigenvalue weighted by Crippen LogP contribution is 2.23. The summed E-state index contributed by atoms with van der Waals surface area (Å²) in [5.74, 6) is -0.187. The number of likely N-dealkylation sites (tertiary alicyclic amines) is 1. The van der Waals surface area contributed by atoms with Gasteiger partial charge in [0.1, 0.15) is 5.82 Å². The first kappa shape index (κ1) is 21.7. The molecule has 162 valence electrons. The van der Waals surface area contributed by atoms with E-state index in [4.69, 9.17) is 11.6 Å². The van der Waals surface area contributed by atoms with E-state index in [1.165, 1.54) is 0 Å². The van der Waals surface area contributed by atoms with Gasteiger partial charge < -0.3 is 10.2 Å². The molecule has 0 spiro atoms. The molecule has 4 rings (SSSR count). The van der Waals surface area contributed by atoms with Crippen LogP contribution in [-0.2, 0) is 4.79 Å². The topological polar surface area (TPSA) is 79.4 Å². The molecular formula is C25H22ClN3O3. The third-order valence-electron chi connectivity index (χ3n) is 5.58. The van der Waals surface area contributed by atoms with Gasteiger partial charge in [0.05, 0.1) is 5.56 Å². The number of carbonyl (C=O) groups is 3. The second kappa shape index (κ2) is 9.75. The molecule has 1 aliphatic rings. The summed E-state index contributed by atoms with van der Waals surface area (Å²) in [5, 5.41) is 3.37. The minimum atomic E-state index is -0.227. The number of carbonyl (C=O) groups excluding carboxylic acids is 3. The van der Waals surface area contributed by atoms with Gasteiger partial charge in [0.2, 0.25) is 5.91 Å². The highest BCUT2D eigenvalue weighted by Gasteiger charge is 2.29. The molecule has 1 saturated heterocycles. The summed E-state index contributed by atoms with van der Waals surface area (Å²) in [6.45, 7) is 0.894. The normalized spacial score (nSPS) is 14.1.